The molecule has 0 radical (unpaired) electrons. The van der Waals surface area contributed by atoms with Crippen LogP contribution in [-0.2, 0) is 22.7 Å². The van der Waals surface area contributed by atoms with Crippen LogP contribution in [0.15, 0.2) is 18.2 Å². The van der Waals surface area contributed by atoms with E-state index >= 15 is 0 Å². The Labute approximate surface area is 165 Å². The molecule has 3 aliphatic rings. The van der Waals surface area contributed by atoms with Crippen molar-refractivity contribution in [3.8, 4) is 0 Å². The van der Waals surface area contributed by atoms with Crippen molar-refractivity contribution >= 4 is 17.7 Å². The molecule has 1 aromatic carbocycles. The number of carbonyl (C=O) groups excluding carboxylic acids is 3. The Morgan fingerprint density at radius 1 is 1.25 bits per heavy atom. The van der Waals surface area contributed by atoms with E-state index in [9.17, 15) is 14.4 Å². The zero-order chi connectivity index (χ0) is 20.1. The largest absolute Gasteiger partial charge is 0.330 e. The molecule has 2 unspecified atom stereocenters. The number of nitrogens with one attached hydrogen (secondary N) is 1. The lowest BCUT2D eigenvalue weighted by Gasteiger charge is -2.31. The minimum Gasteiger partial charge on any atom is -0.330 e. The van der Waals surface area contributed by atoms with E-state index in [1.807, 2.05) is 12.1 Å². The van der Waals surface area contributed by atoms with Gasteiger partial charge in [0.25, 0.3) is 5.91 Å². The molecule has 3 heterocycles. The molecule has 0 bridgehead atoms. The summed E-state index contributed by atoms with van der Waals surface area (Å²) < 4.78 is 0. The second-order valence-corrected chi connectivity index (χ2v) is 8.89. The lowest BCUT2D eigenvalue weighted by Crippen LogP contribution is -2.52. The normalized spacial score (nSPS) is 27.2. The molecule has 7 heteroatoms. The maximum absolute atomic E-state index is 13.0. The van der Waals surface area contributed by atoms with Crippen LogP contribution < -0.4 is 11.1 Å². The second kappa shape index (κ2) is 6.97. The Morgan fingerprint density at radius 3 is 2.71 bits per heavy atom. The van der Waals surface area contributed by atoms with Gasteiger partial charge in [0, 0.05) is 37.2 Å². The Kier molecular flexibility index (Phi) is 4.75. The SMILES string of the molecule is CC1(C)CC(CN)CN1Cc1ccc2c(c1)C(=O)N(C1CCC(=O)NC1=O)C2. The highest BCUT2D eigenvalue weighted by Gasteiger charge is 2.40. The Hall–Kier alpha value is -2.25. The molecule has 1 aromatic rings. The van der Waals surface area contributed by atoms with E-state index in [0.29, 0.717) is 31.0 Å². The number of likely N-dealkylation sites (tertiary alicyclic amines) is 1. The quantitative estimate of drug-likeness (QED) is 0.756. The van der Waals surface area contributed by atoms with Crippen molar-refractivity contribution in [3.63, 3.8) is 0 Å². The van der Waals surface area contributed by atoms with E-state index in [1.54, 1.807) is 4.90 Å². The van der Waals surface area contributed by atoms with Crippen LogP contribution >= 0.6 is 0 Å². The highest BCUT2D eigenvalue weighted by molar-refractivity contribution is 6.05. The average Bonchev–Trinajstić information content (AvgIpc) is 3.12. The van der Waals surface area contributed by atoms with E-state index in [2.05, 4.69) is 30.1 Å². The first-order valence-corrected chi connectivity index (χ1v) is 10.00. The lowest BCUT2D eigenvalue weighted by atomic mass is 9.96. The van der Waals surface area contributed by atoms with Gasteiger partial charge in [0.05, 0.1) is 0 Å². The fraction of sp³-hybridized carbons (Fsp3) is 0.571. The van der Waals surface area contributed by atoms with Crippen molar-refractivity contribution in [1.29, 1.82) is 0 Å². The van der Waals surface area contributed by atoms with Crippen LogP contribution in [-0.4, -0.2) is 52.2 Å². The second-order valence-electron chi connectivity index (χ2n) is 8.89. The molecule has 3 N–H and O–H groups in total. The molecule has 2 saturated heterocycles. The van der Waals surface area contributed by atoms with Gasteiger partial charge in [-0.15, -0.1) is 0 Å². The number of fused-ring (bicyclic) bond motifs is 1. The predicted molar refractivity (Wildman–Crippen MR) is 104 cm³/mol. The highest BCUT2D eigenvalue weighted by Crippen LogP contribution is 2.34. The standard InChI is InChI=1S/C21H28N4O3/c1-21(2)8-14(9-22)11-24(21)10-13-3-4-15-12-25(20(28)16(15)7-13)17-5-6-18(26)23-19(17)27/h3-4,7,14,17H,5-6,8-12,22H2,1-2H3,(H,23,26,27). The molecule has 7 nitrogen and oxygen atoms in total. The molecule has 0 aliphatic carbocycles. The number of benzene rings is 1. The molecular formula is C21H28N4O3. The van der Waals surface area contributed by atoms with Gasteiger partial charge in [-0.3, -0.25) is 24.6 Å². The molecule has 2 atom stereocenters. The van der Waals surface area contributed by atoms with Gasteiger partial charge in [-0.25, -0.2) is 0 Å². The van der Waals surface area contributed by atoms with Crippen molar-refractivity contribution in [1.82, 2.24) is 15.1 Å². The van der Waals surface area contributed by atoms with E-state index in [1.165, 1.54) is 0 Å². The van der Waals surface area contributed by atoms with Gasteiger partial charge in [0.2, 0.25) is 11.8 Å². The Balaban J connectivity index is 1.50. The minimum atomic E-state index is -0.566. The molecule has 3 amide bonds. The molecule has 0 saturated carbocycles. The van der Waals surface area contributed by atoms with Gasteiger partial charge in [-0.1, -0.05) is 12.1 Å². The number of carbonyl (C=O) groups is 3. The predicted octanol–water partition coefficient (Wildman–Crippen LogP) is 1.01. The van der Waals surface area contributed by atoms with E-state index < -0.39 is 6.04 Å². The zero-order valence-electron chi connectivity index (χ0n) is 16.5. The van der Waals surface area contributed by atoms with Crippen LogP contribution in [0.4, 0.5) is 0 Å². The van der Waals surface area contributed by atoms with E-state index in [-0.39, 0.29) is 29.7 Å². The summed E-state index contributed by atoms with van der Waals surface area (Å²) in [5.41, 5.74) is 8.69. The molecule has 0 spiro atoms. The van der Waals surface area contributed by atoms with Crippen LogP contribution in [0.25, 0.3) is 0 Å². The van der Waals surface area contributed by atoms with Gasteiger partial charge in [-0.05, 0) is 56.3 Å². The maximum Gasteiger partial charge on any atom is 0.255 e. The van der Waals surface area contributed by atoms with Crippen LogP contribution in [0.2, 0.25) is 0 Å². The number of nitrogens with zero attached hydrogens (tertiary/aromatic N) is 2. The fourth-order valence-corrected chi connectivity index (χ4v) is 4.82. The third kappa shape index (κ3) is 3.33. The zero-order valence-corrected chi connectivity index (χ0v) is 16.5. The summed E-state index contributed by atoms with van der Waals surface area (Å²) in [6.07, 6.45) is 1.74. The molecule has 2 fully saturated rings. The maximum atomic E-state index is 13.0. The molecule has 28 heavy (non-hydrogen) atoms. The summed E-state index contributed by atoms with van der Waals surface area (Å²) in [6, 6.07) is 5.48. The topological polar surface area (TPSA) is 95.7 Å². The number of hydrogen-bond donors (Lipinski definition) is 2. The monoisotopic (exact) mass is 384 g/mol. The van der Waals surface area contributed by atoms with Crippen LogP contribution in [0.1, 0.15) is 54.6 Å². The number of nitrogens with two attached hydrogens (primary N) is 1. The Morgan fingerprint density at radius 2 is 2.04 bits per heavy atom. The van der Waals surface area contributed by atoms with Crippen molar-refractivity contribution in [2.45, 2.75) is 57.8 Å². The summed E-state index contributed by atoms with van der Waals surface area (Å²) in [5.74, 6) is -0.248. The summed E-state index contributed by atoms with van der Waals surface area (Å²) >= 11 is 0. The third-order valence-electron chi connectivity index (χ3n) is 6.42. The summed E-state index contributed by atoms with van der Waals surface area (Å²) in [4.78, 5) is 40.6. The lowest BCUT2D eigenvalue weighted by molar-refractivity contribution is -0.136. The summed E-state index contributed by atoms with van der Waals surface area (Å²) in [5, 5.41) is 2.34. The first-order valence-electron chi connectivity index (χ1n) is 10.00. The summed E-state index contributed by atoms with van der Waals surface area (Å²) in [6.45, 7) is 7.35. The first-order chi connectivity index (χ1) is 13.3. The van der Waals surface area contributed by atoms with Gasteiger partial charge in [0.15, 0.2) is 0 Å². The van der Waals surface area contributed by atoms with Gasteiger partial charge >= 0.3 is 0 Å². The van der Waals surface area contributed by atoms with Crippen LogP contribution in [0.3, 0.4) is 0 Å². The number of imide groups is 1. The number of hydrogen-bond acceptors (Lipinski definition) is 5. The van der Waals surface area contributed by atoms with Crippen molar-refractivity contribution in [3.05, 3.63) is 34.9 Å². The fourth-order valence-electron chi connectivity index (χ4n) is 4.82. The van der Waals surface area contributed by atoms with E-state index in [0.717, 1.165) is 30.6 Å². The number of rotatable bonds is 4. The molecule has 150 valence electrons. The number of amides is 3. The molecular weight excluding hydrogens is 356 g/mol. The first kappa shape index (κ1) is 19.1. The minimum absolute atomic E-state index is 0.0891. The highest BCUT2D eigenvalue weighted by atomic mass is 16.2. The van der Waals surface area contributed by atoms with Crippen LogP contribution in [0.5, 0.6) is 0 Å². The average molecular weight is 384 g/mol. The summed E-state index contributed by atoms with van der Waals surface area (Å²) in [7, 11) is 0. The number of piperidine rings is 1. The van der Waals surface area contributed by atoms with Crippen molar-refractivity contribution in [2.75, 3.05) is 13.1 Å². The Bertz CT molecular complexity index is 835. The van der Waals surface area contributed by atoms with Crippen molar-refractivity contribution in [2.24, 2.45) is 11.7 Å². The van der Waals surface area contributed by atoms with Crippen molar-refractivity contribution < 1.29 is 14.4 Å². The third-order valence-corrected chi connectivity index (χ3v) is 6.42. The molecule has 4 rings (SSSR count). The van der Waals surface area contributed by atoms with Crippen LogP contribution in [0, 0.1) is 5.92 Å². The van der Waals surface area contributed by atoms with Gasteiger partial charge in [-0.2, -0.15) is 0 Å². The van der Waals surface area contributed by atoms with Gasteiger partial charge in [0.1, 0.15) is 6.04 Å². The van der Waals surface area contributed by atoms with Gasteiger partial charge < -0.3 is 10.6 Å². The van der Waals surface area contributed by atoms with E-state index in [4.69, 9.17) is 5.73 Å². The molecule has 0 aromatic heterocycles. The molecule has 3 aliphatic heterocycles. The smallest absolute Gasteiger partial charge is 0.255 e.